The number of fused-ring (bicyclic) bond motifs is 2. The van der Waals surface area contributed by atoms with Gasteiger partial charge in [0, 0.05) is 29.1 Å². The average Bonchev–Trinajstić information content (AvgIpc) is 3.63. The van der Waals surface area contributed by atoms with E-state index >= 15 is 0 Å². The summed E-state index contributed by atoms with van der Waals surface area (Å²) in [6, 6.07) is 12.1. The molecule has 3 N–H and O–H groups in total. The summed E-state index contributed by atoms with van der Waals surface area (Å²) in [5.74, 6) is 0.656. The minimum Gasteiger partial charge on any atom is -0.337 e. The average molecular weight is 480 g/mol. The first-order chi connectivity index (χ1) is 17.2. The molecule has 35 heavy (non-hydrogen) atoms. The fraction of sp³-hybridized carbons (Fsp3) is 0.115. The molecule has 0 bridgehead atoms. The van der Waals surface area contributed by atoms with E-state index in [1.165, 1.54) is 0 Å². The number of aromatic nitrogens is 6. The summed E-state index contributed by atoms with van der Waals surface area (Å²) in [4.78, 5) is 29.2. The maximum absolute atomic E-state index is 12.0. The zero-order chi connectivity index (χ0) is 23.8. The van der Waals surface area contributed by atoms with Crippen molar-refractivity contribution >= 4 is 44.9 Å². The van der Waals surface area contributed by atoms with E-state index in [0.717, 1.165) is 56.4 Å². The Morgan fingerprint density at radius 3 is 2.89 bits per heavy atom. The third-order valence-corrected chi connectivity index (χ3v) is 6.49. The molecule has 0 atom stereocenters. The van der Waals surface area contributed by atoms with Crippen LogP contribution >= 0.6 is 11.3 Å². The molecule has 0 saturated carbocycles. The van der Waals surface area contributed by atoms with Crippen molar-refractivity contribution in [2.45, 2.75) is 19.8 Å². The van der Waals surface area contributed by atoms with E-state index in [1.807, 2.05) is 31.2 Å². The van der Waals surface area contributed by atoms with E-state index in [1.54, 1.807) is 29.9 Å². The van der Waals surface area contributed by atoms with Crippen molar-refractivity contribution in [1.29, 1.82) is 0 Å². The number of carbonyl (C=O) groups is 1. The Morgan fingerprint density at radius 1 is 1.09 bits per heavy atom. The lowest BCUT2D eigenvalue weighted by atomic mass is 10.1. The monoisotopic (exact) mass is 479 g/mol. The maximum Gasteiger partial charge on any atom is 0.224 e. The summed E-state index contributed by atoms with van der Waals surface area (Å²) in [5.41, 5.74) is 7.80. The molecule has 1 aromatic carbocycles. The number of para-hydroxylation sites is 1. The van der Waals surface area contributed by atoms with Crippen LogP contribution in [0.25, 0.3) is 55.8 Å². The van der Waals surface area contributed by atoms with Crippen LogP contribution in [0.1, 0.15) is 19.8 Å². The van der Waals surface area contributed by atoms with Crippen LogP contribution in [0, 0.1) is 0 Å². The first-order valence-electron chi connectivity index (χ1n) is 11.3. The van der Waals surface area contributed by atoms with Crippen molar-refractivity contribution in [1.82, 2.24) is 30.1 Å². The van der Waals surface area contributed by atoms with Gasteiger partial charge in [-0.1, -0.05) is 19.1 Å². The highest BCUT2D eigenvalue weighted by Gasteiger charge is 2.16. The number of amides is 1. The highest BCUT2D eigenvalue weighted by Crippen LogP contribution is 2.33. The van der Waals surface area contributed by atoms with Gasteiger partial charge in [-0.25, -0.2) is 4.98 Å². The Hall–Kier alpha value is -4.37. The minimum atomic E-state index is -0.0290. The fourth-order valence-electron chi connectivity index (χ4n) is 4.15. The number of benzene rings is 1. The Labute approximate surface area is 204 Å². The molecular formula is C26H21N7OS. The van der Waals surface area contributed by atoms with E-state index in [0.29, 0.717) is 17.9 Å². The van der Waals surface area contributed by atoms with Crippen LogP contribution in [-0.4, -0.2) is 36.0 Å². The molecule has 0 radical (unpaired) electrons. The van der Waals surface area contributed by atoms with Crippen LogP contribution < -0.4 is 5.32 Å². The minimum absolute atomic E-state index is 0.0290. The standard InChI is InChI=1S/C26H21N7OS/c1-2-4-23(34)29-17-9-16(11-27-12-17)21-10-19-22(13-28-21)32-33-25(19)26-30-20-6-3-5-18(24(20)31-26)15-7-8-35-14-15/h3,5-14H,2,4H2,1H3,(H,29,34)(H,30,31)(H,32,33). The fourth-order valence-corrected chi connectivity index (χ4v) is 4.80. The summed E-state index contributed by atoms with van der Waals surface area (Å²) in [5, 5.41) is 15.6. The number of nitrogens with one attached hydrogen (secondary N) is 3. The molecule has 172 valence electrons. The number of thiophene rings is 1. The van der Waals surface area contributed by atoms with Gasteiger partial charge >= 0.3 is 0 Å². The maximum atomic E-state index is 12.0. The Morgan fingerprint density at radius 2 is 2.03 bits per heavy atom. The van der Waals surface area contributed by atoms with E-state index in [9.17, 15) is 4.79 Å². The second kappa shape index (κ2) is 8.77. The van der Waals surface area contributed by atoms with Gasteiger partial charge in [0.1, 0.15) is 5.69 Å². The van der Waals surface area contributed by atoms with Crippen molar-refractivity contribution in [2.24, 2.45) is 0 Å². The predicted octanol–water partition coefficient (Wildman–Crippen LogP) is 6.03. The zero-order valence-electron chi connectivity index (χ0n) is 18.9. The van der Waals surface area contributed by atoms with Crippen LogP contribution in [0.5, 0.6) is 0 Å². The lowest BCUT2D eigenvalue weighted by molar-refractivity contribution is -0.116. The summed E-state index contributed by atoms with van der Waals surface area (Å²) in [6.07, 6.45) is 6.38. The number of hydrogen-bond donors (Lipinski definition) is 3. The summed E-state index contributed by atoms with van der Waals surface area (Å²) in [6.45, 7) is 1.97. The predicted molar refractivity (Wildman–Crippen MR) is 139 cm³/mol. The molecule has 6 aromatic rings. The van der Waals surface area contributed by atoms with Crippen LogP contribution in [0.15, 0.2) is 65.7 Å². The van der Waals surface area contributed by atoms with Gasteiger partial charge in [-0.2, -0.15) is 16.4 Å². The molecule has 1 amide bonds. The SMILES string of the molecule is CCCC(=O)Nc1cncc(-c2cc3c(-c4nc5c(-c6ccsc6)cccc5[nH]4)n[nH]c3cn2)c1. The molecule has 0 saturated heterocycles. The molecule has 5 aromatic heterocycles. The highest BCUT2D eigenvalue weighted by atomic mass is 32.1. The molecule has 0 aliphatic rings. The van der Waals surface area contributed by atoms with Crippen molar-refractivity contribution < 1.29 is 4.79 Å². The first-order valence-corrected chi connectivity index (χ1v) is 12.2. The number of H-pyrrole nitrogens is 2. The summed E-state index contributed by atoms with van der Waals surface area (Å²) >= 11 is 1.66. The van der Waals surface area contributed by atoms with Gasteiger partial charge < -0.3 is 10.3 Å². The topological polar surface area (TPSA) is 112 Å². The molecule has 6 rings (SSSR count). The second-order valence-corrected chi connectivity index (χ2v) is 9.03. The van der Waals surface area contributed by atoms with Gasteiger partial charge in [-0.3, -0.25) is 19.9 Å². The third-order valence-electron chi connectivity index (χ3n) is 5.81. The smallest absolute Gasteiger partial charge is 0.224 e. The van der Waals surface area contributed by atoms with Crippen molar-refractivity contribution in [3.05, 3.63) is 65.7 Å². The van der Waals surface area contributed by atoms with Crippen LogP contribution in [0.3, 0.4) is 0 Å². The van der Waals surface area contributed by atoms with Gasteiger partial charge in [-0.15, -0.1) is 0 Å². The molecule has 0 aliphatic carbocycles. The number of pyridine rings is 2. The van der Waals surface area contributed by atoms with Gasteiger partial charge in [0.2, 0.25) is 5.91 Å². The van der Waals surface area contributed by atoms with Crippen LogP contribution in [0.4, 0.5) is 5.69 Å². The quantitative estimate of drug-likeness (QED) is 0.270. The van der Waals surface area contributed by atoms with Crippen LogP contribution in [0.2, 0.25) is 0 Å². The molecule has 8 nitrogen and oxygen atoms in total. The lowest BCUT2D eigenvalue weighted by Gasteiger charge is -2.06. The van der Waals surface area contributed by atoms with Crippen molar-refractivity contribution in [3.8, 4) is 33.9 Å². The van der Waals surface area contributed by atoms with Gasteiger partial charge in [-0.05, 0) is 47.0 Å². The number of anilines is 1. The second-order valence-electron chi connectivity index (χ2n) is 8.25. The summed E-state index contributed by atoms with van der Waals surface area (Å²) in [7, 11) is 0. The van der Waals surface area contributed by atoms with E-state index in [-0.39, 0.29) is 5.91 Å². The van der Waals surface area contributed by atoms with Crippen molar-refractivity contribution in [3.63, 3.8) is 0 Å². The van der Waals surface area contributed by atoms with Crippen LogP contribution in [-0.2, 0) is 4.79 Å². The largest absolute Gasteiger partial charge is 0.337 e. The summed E-state index contributed by atoms with van der Waals surface area (Å²) < 4.78 is 0. The number of aromatic amines is 2. The zero-order valence-corrected chi connectivity index (χ0v) is 19.7. The number of rotatable bonds is 6. The van der Waals surface area contributed by atoms with Gasteiger partial charge in [0.15, 0.2) is 5.82 Å². The Bertz CT molecular complexity index is 1670. The molecule has 0 unspecified atom stereocenters. The Balaban J connectivity index is 1.40. The Kier molecular flexibility index (Phi) is 5.31. The molecule has 0 fully saturated rings. The highest BCUT2D eigenvalue weighted by molar-refractivity contribution is 7.08. The number of carbonyl (C=O) groups excluding carboxylic acids is 1. The van der Waals surface area contributed by atoms with Gasteiger partial charge in [0.25, 0.3) is 0 Å². The van der Waals surface area contributed by atoms with E-state index in [2.05, 4.69) is 53.4 Å². The number of nitrogens with zero attached hydrogens (tertiary/aromatic N) is 4. The normalized spacial score (nSPS) is 11.3. The van der Waals surface area contributed by atoms with Crippen molar-refractivity contribution in [2.75, 3.05) is 5.32 Å². The molecule has 0 aliphatic heterocycles. The molecule has 5 heterocycles. The molecule has 9 heteroatoms. The first kappa shape index (κ1) is 21.2. The molecular weight excluding hydrogens is 458 g/mol. The van der Waals surface area contributed by atoms with E-state index in [4.69, 9.17) is 4.98 Å². The third kappa shape index (κ3) is 3.95. The molecule has 0 spiro atoms. The number of hydrogen-bond acceptors (Lipinski definition) is 6. The van der Waals surface area contributed by atoms with E-state index < -0.39 is 0 Å². The number of imidazole rings is 1. The lowest BCUT2D eigenvalue weighted by Crippen LogP contribution is -2.10. The van der Waals surface area contributed by atoms with Gasteiger partial charge in [0.05, 0.1) is 40.3 Å².